The topological polar surface area (TPSA) is 89.0 Å². The third-order valence-electron chi connectivity index (χ3n) is 5.50. The number of ether oxygens (including phenoxy) is 2. The predicted octanol–water partition coefficient (Wildman–Crippen LogP) is 4.37. The monoisotopic (exact) mass is 464 g/mol. The molecule has 0 aliphatic carbocycles. The quantitative estimate of drug-likeness (QED) is 0.331. The number of carbonyl (C=O) groups excluding carboxylic acids is 2. The van der Waals surface area contributed by atoms with Crippen LogP contribution in [0.5, 0.6) is 11.5 Å². The third-order valence-corrected chi connectivity index (χ3v) is 5.83. The Balaban J connectivity index is 1.94. The number of pyridine rings is 1. The highest BCUT2D eigenvalue weighted by molar-refractivity contribution is 6.47. The van der Waals surface area contributed by atoms with Crippen LogP contribution in [0.25, 0.3) is 5.76 Å². The van der Waals surface area contributed by atoms with Gasteiger partial charge in [-0.25, -0.2) is 0 Å². The highest BCUT2D eigenvalue weighted by Crippen LogP contribution is 2.44. The van der Waals surface area contributed by atoms with Crippen LogP contribution in [-0.2, 0) is 16.1 Å². The number of carbonyl (C=O) groups is 2. The van der Waals surface area contributed by atoms with Crippen LogP contribution in [-0.4, -0.2) is 40.9 Å². The molecule has 168 valence electrons. The first-order valence-corrected chi connectivity index (χ1v) is 10.5. The summed E-state index contributed by atoms with van der Waals surface area (Å²) in [5.41, 5.74) is 1.46. The van der Waals surface area contributed by atoms with E-state index >= 15 is 0 Å². The lowest BCUT2D eigenvalue weighted by Gasteiger charge is -2.26. The molecule has 0 spiro atoms. The number of aliphatic hydroxyl groups excluding tert-OH is 1. The van der Waals surface area contributed by atoms with Crippen molar-refractivity contribution < 1.29 is 24.2 Å². The third kappa shape index (κ3) is 4.15. The van der Waals surface area contributed by atoms with Gasteiger partial charge in [-0.2, -0.15) is 0 Å². The van der Waals surface area contributed by atoms with Gasteiger partial charge in [0, 0.05) is 30.1 Å². The van der Waals surface area contributed by atoms with Crippen molar-refractivity contribution in [3.05, 3.63) is 94.3 Å². The zero-order valence-electron chi connectivity index (χ0n) is 18.0. The van der Waals surface area contributed by atoms with Gasteiger partial charge in [0.05, 0.1) is 30.9 Å². The molecule has 1 aliphatic heterocycles. The molecule has 1 saturated heterocycles. The number of nitrogens with zero attached hydrogens (tertiary/aromatic N) is 2. The van der Waals surface area contributed by atoms with Crippen molar-refractivity contribution in [3.8, 4) is 11.5 Å². The number of benzene rings is 2. The minimum atomic E-state index is -0.892. The number of aromatic nitrogens is 1. The van der Waals surface area contributed by atoms with Gasteiger partial charge < -0.3 is 19.5 Å². The summed E-state index contributed by atoms with van der Waals surface area (Å²) >= 11 is 6.34. The zero-order valence-corrected chi connectivity index (χ0v) is 18.7. The fraction of sp³-hybridized carbons (Fsp3) is 0.160. The highest BCUT2D eigenvalue weighted by atomic mass is 35.5. The zero-order chi connectivity index (χ0) is 23.5. The maximum absolute atomic E-state index is 13.2. The molecular weight excluding hydrogens is 444 g/mol. The number of likely N-dealkylation sites (tertiary alicyclic amines) is 1. The number of ketones is 1. The largest absolute Gasteiger partial charge is 0.507 e. The first kappa shape index (κ1) is 22.4. The van der Waals surface area contributed by atoms with Crippen molar-refractivity contribution in [2.24, 2.45) is 0 Å². The first-order chi connectivity index (χ1) is 16.0. The Morgan fingerprint density at radius 2 is 1.79 bits per heavy atom. The lowest BCUT2D eigenvalue weighted by Crippen LogP contribution is -2.29. The Bertz CT molecular complexity index is 1240. The number of para-hydroxylation sites is 1. The molecule has 8 heteroatoms. The number of rotatable bonds is 6. The summed E-state index contributed by atoms with van der Waals surface area (Å²) < 4.78 is 10.7. The second-order valence-electron chi connectivity index (χ2n) is 7.37. The highest BCUT2D eigenvalue weighted by Gasteiger charge is 2.47. The van der Waals surface area contributed by atoms with E-state index in [1.807, 2.05) is 0 Å². The molecular formula is C25H21ClN2O5. The molecule has 7 nitrogen and oxygen atoms in total. The second kappa shape index (κ2) is 9.34. The molecule has 2 aromatic carbocycles. The predicted molar refractivity (Wildman–Crippen MR) is 123 cm³/mol. The Morgan fingerprint density at radius 1 is 1.06 bits per heavy atom. The Kier molecular flexibility index (Phi) is 6.33. The average molecular weight is 465 g/mol. The smallest absolute Gasteiger partial charge is 0.295 e. The fourth-order valence-electron chi connectivity index (χ4n) is 3.90. The molecule has 1 aliphatic rings. The van der Waals surface area contributed by atoms with Gasteiger partial charge in [0.25, 0.3) is 11.7 Å². The van der Waals surface area contributed by atoms with Crippen molar-refractivity contribution in [2.75, 3.05) is 14.2 Å². The molecule has 0 saturated carbocycles. The second-order valence-corrected chi connectivity index (χ2v) is 7.78. The first-order valence-electron chi connectivity index (χ1n) is 10.1. The van der Waals surface area contributed by atoms with Gasteiger partial charge in [0.2, 0.25) is 0 Å². The van der Waals surface area contributed by atoms with Crippen LogP contribution in [0, 0.1) is 0 Å². The number of halogens is 1. The molecule has 1 aromatic heterocycles. The number of amides is 1. The average Bonchev–Trinajstić information content (AvgIpc) is 3.09. The van der Waals surface area contributed by atoms with Crippen molar-refractivity contribution >= 4 is 29.1 Å². The van der Waals surface area contributed by atoms with Crippen LogP contribution in [0.1, 0.15) is 22.7 Å². The van der Waals surface area contributed by atoms with E-state index in [4.69, 9.17) is 21.1 Å². The number of methoxy groups -OCH3 is 2. The summed E-state index contributed by atoms with van der Waals surface area (Å²) in [4.78, 5) is 31.8. The van der Waals surface area contributed by atoms with E-state index in [1.165, 1.54) is 25.2 Å². The number of aliphatic hydroxyl groups is 1. The number of hydrogen-bond acceptors (Lipinski definition) is 6. The molecule has 2 heterocycles. The van der Waals surface area contributed by atoms with Gasteiger partial charge in [-0.1, -0.05) is 29.8 Å². The van der Waals surface area contributed by atoms with Crippen LogP contribution < -0.4 is 9.47 Å². The van der Waals surface area contributed by atoms with Gasteiger partial charge in [-0.05, 0) is 42.0 Å². The van der Waals surface area contributed by atoms with Gasteiger partial charge in [-0.15, -0.1) is 0 Å². The summed E-state index contributed by atoms with van der Waals surface area (Å²) in [5.74, 6) is -1.00. The number of hydrogen-bond donors (Lipinski definition) is 1. The van der Waals surface area contributed by atoms with Crippen LogP contribution in [0.2, 0.25) is 5.02 Å². The normalized spacial score (nSPS) is 17.3. The summed E-state index contributed by atoms with van der Waals surface area (Å²) in [7, 11) is 2.99. The summed E-state index contributed by atoms with van der Waals surface area (Å²) in [6, 6.07) is 14.4. The lowest BCUT2D eigenvalue weighted by molar-refractivity contribution is -0.140. The summed E-state index contributed by atoms with van der Waals surface area (Å²) in [6.45, 7) is 0.137. The SMILES string of the molecule is COc1ccc(Cl)c(/C(O)=C2\C(=O)C(=O)N(Cc3ccncc3)C2c2ccccc2OC)c1. The molecule has 33 heavy (non-hydrogen) atoms. The van der Waals surface area contributed by atoms with E-state index in [0.29, 0.717) is 17.1 Å². The Hall–Kier alpha value is -3.84. The summed E-state index contributed by atoms with van der Waals surface area (Å²) in [6.07, 6.45) is 3.22. The van der Waals surface area contributed by atoms with Crippen molar-refractivity contribution in [1.82, 2.24) is 9.88 Å². The Morgan fingerprint density at radius 3 is 2.48 bits per heavy atom. The fourth-order valence-corrected chi connectivity index (χ4v) is 4.11. The van der Waals surface area contributed by atoms with Gasteiger partial charge in [-0.3, -0.25) is 14.6 Å². The van der Waals surface area contributed by atoms with E-state index < -0.39 is 17.7 Å². The van der Waals surface area contributed by atoms with Crippen molar-refractivity contribution in [1.29, 1.82) is 0 Å². The minimum absolute atomic E-state index is 0.0753. The number of Topliss-reactive ketones (excluding diaryl/α,β-unsaturated/α-hetero) is 1. The van der Waals surface area contributed by atoms with Crippen LogP contribution in [0.4, 0.5) is 0 Å². The molecule has 1 unspecified atom stereocenters. The van der Waals surface area contributed by atoms with Crippen LogP contribution in [0.3, 0.4) is 0 Å². The summed E-state index contributed by atoms with van der Waals surface area (Å²) in [5, 5.41) is 11.5. The van der Waals surface area contributed by atoms with Gasteiger partial charge in [0.1, 0.15) is 17.3 Å². The molecule has 4 rings (SSSR count). The molecule has 3 aromatic rings. The van der Waals surface area contributed by atoms with E-state index in [0.717, 1.165) is 5.56 Å². The van der Waals surface area contributed by atoms with Crippen LogP contribution >= 0.6 is 11.6 Å². The molecule has 1 atom stereocenters. The van der Waals surface area contributed by atoms with E-state index in [1.54, 1.807) is 60.9 Å². The van der Waals surface area contributed by atoms with E-state index in [2.05, 4.69) is 4.98 Å². The minimum Gasteiger partial charge on any atom is -0.507 e. The molecule has 0 bridgehead atoms. The lowest BCUT2D eigenvalue weighted by atomic mass is 9.94. The maximum Gasteiger partial charge on any atom is 0.295 e. The molecule has 1 fully saturated rings. The van der Waals surface area contributed by atoms with Crippen molar-refractivity contribution in [3.63, 3.8) is 0 Å². The molecule has 0 radical (unpaired) electrons. The van der Waals surface area contributed by atoms with Gasteiger partial charge in [0.15, 0.2) is 0 Å². The van der Waals surface area contributed by atoms with Crippen molar-refractivity contribution in [2.45, 2.75) is 12.6 Å². The molecule has 1 amide bonds. The van der Waals surface area contributed by atoms with E-state index in [9.17, 15) is 14.7 Å². The van der Waals surface area contributed by atoms with E-state index in [-0.39, 0.29) is 28.5 Å². The maximum atomic E-state index is 13.2. The van der Waals surface area contributed by atoms with Gasteiger partial charge >= 0.3 is 0 Å². The standard InChI is InChI=1S/C25H21ClN2O5/c1-32-16-7-8-19(26)18(13-16)23(29)21-22(17-5-3-4-6-20(17)33-2)28(25(31)24(21)30)14-15-9-11-27-12-10-15/h3-13,22,29H,14H2,1-2H3/b23-21+. The van der Waals surface area contributed by atoms with Crippen LogP contribution in [0.15, 0.2) is 72.6 Å². The Labute approximate surface area is 195 Å². The molecule has 1 N–H and O–H groups in total.